The third-order valence-corrected chi connectivity index (χ3v) is 7.19. The number of fused-ring (bicyclic) bond motifs is 3. The lowest BCUT2D eigenvalue weighted by Gasteiger charge is -2.37. The second-order valence-corrected chi connectivity index (χ2v) is 9.70. The summed E-state index contributed by atoms with van der Waals surface area (Å²) in [7, 11) is 0. The zero-order chi connectivity index (χ0) is 26.7. The van der Waals surface area contributed by atoms with Crippen LogP contribution in [0.5, 0.6) is 0 Å². The highest BCUT2D eigenvalue weighted by Gasteiger charge is 2.53. The molecule has 0 saturated heterocycles. The highest BCUT2D eigenvalue weighted by molar-refractivity contribution is 5.86. The van der Waals surface area contributed by atoms with E-state index in [0.29, 0.717) is 24.7 Å². The summed E-state index contributed by atoms with van der Waals surface area (Å²) in [5.74, 6) is 0.868. The minimum absolute atomic E-state index is 0.111. The van der Waals surface area contributed by atoms with Crippen molar-refractivity contribution in [2.24, 2.45) is 0 Å². The summed E-state index contributed by atoms with van der Waals surface area (Å²) < 4.78 is 12.5. The molecule has 2 atom stereocenters. The van der Waals surface area contributed by atoms with Gasteiger partial charge >= 0.3 is 5.76 Å². The summed E-state index contributed by atoms with van der Waals surface area (Å²) in [5, 5.41) is 13.5. The van der Waals surface area contributed by atoms with Crippen molar-refractivity contribution < 1.29 is 8.94 Å². The maximum Gasteiger partial charge on any atom is 0.437 e. The number of para-hydroxylation sites is 1. The van der Waals surface area contributed by atoms with Crippen LogP contribution in [0, 0.1) is 13.8 Å². The second-order valence-electron chi connectivity index (χ2n) is 9.70. The molecule has 1 aliphatic rings. The minimum Gasteiger partial charge on any atom is -0.389 e. The Kier molecular flexibility index (Phi) is 5.13. The van der Waals surface area contributed by atoms with Crippen LogP contribution in [0.1, 0.15) is 53.2 Å². The number of rotatable bonds is 5. The molecule has 0 aliphatic carbocycles. The van der Waals surface area contributed by atoms with E-state index in [1.165, 1.54) is 4.68 Å². The number of benzene rings is 1. The summed E-state index contributed by atoms with van der Waals surface area (Å²) >= 11 is 0. The van der Waals surface area contributed by atoms with E-state index in [1.807, 2.05) is 50.4 Å². The molecule has 7 rings (SSSR count). The van der Waals surface area contributed by atoms with Gasteiger partial charge in [0.2, 0.25) is 17.3 Å². The number of hydrogen-bond acceptors (Lipinski definition) is 9. The monoisotopic (exact) mass is 523 g/mol. The van der Waals surface area contributed by atoms with Gasteiger partial charge in [0, 0.05) is 30.6 Å². The number of H-pyrrole nitrogens is 2. The molecule has 6 aromatic rings. The van der Waals surface area contributed by atoms with E-state index in [1.54, 1.807) is 13.1 Å². The first-order chi connectivity index (χ1) is 19.0. The Morgan fingerprint density at radius 3 is 2.72 bits per heavy atom. The molecule has 12 nitrogen and oxygen atoms in total. The molecule has 1 aromatic carbocycles. The number of nitrogens with zero attached hydrogens (tertiary/aromatic N) is 6. The fourth-order valence-corrected chi connectivity index (χ4v) is 5.31. The predicted molar refractivity (Wildman–Crippen MR) is 140 cm³/mol. The van der Waals surface area contributed by atoms with E-state index in [9.17, 15) is 4.79 Å². The highest BCUT2D eigenvalue weighted by Crippen LogP contribution is 2.45. The van der Waals surface area contributed by atoms with E-state index in [4.69, 9.17) is 13.9 Å². The van der Waals surface area contributed by atoms with Crippen LogP contribution in [0.25, 0.3) is 22.3 Å². The molecule has 1 aliphatic heterocycles. The SMILES string of the molecule is CCn1nc(C2(c3noc(C)n3)N[C@@H](c3ncc(-c4ccc(C)cn4)[nH]3)Cc3c2[nH]c2ccccc32)oc1=O. The van der Waals surface area contributed by atoms with Gasteiger partial charge in [0.15, 0.2) is 0 Å². The van der Waals surface area contributed by atoms with Crippen molar-refractivity contribution in [1.29, 1.82) is 0 Å². The molecule has 5 aromatic heterocycles. The molecule has 0 fully saturated rings. The minimum atomic E-state index is -1.36. The molecule has 12 heteroatoms. The molecule has 0 amide bonds. The zero-order valence-electron chi connectivity index (χ0n) is 21.5. The predicted octanol–water partition coefficient (Wildman–Crippen LogP) is 3.30. The Morgan fingerprint density at radius 1 is 1.10 bits per heavy atom. The van der Waals surface area contributed by atoms with Gasteiger partial charge in [-0.2, -0.15) is 9.67 Å². The van der Waals surface area contributed by atoms with Crippen molar-refractivity contribution in [3.63, 3.8) is 0 Å². The lowest BCUT2D eigenvalue weighted by molar-refractivity contribution is 0.264. The first-order valence-electron chi connectivity index (χ1n) is 12.7. The summed E-state index contributed by atoms with van der Waals surface area (Å²) in [6, 6.07) is 11.6. The van der Waals surface area contributed by atoms with E-state index >= 15 is 0 Å². The number of pyridine rings is 1. The van der Waals surface area contributed by atoms with Gasteiger partial charge in [-0.3, -0.25) is 10.3 Å². The van der Waals surface area contributed by atoms with Crippen molar-refractivity contribution in [1.82, 2.24) is 45.2 Å². The summed E-state index contributed by atoms with van der Waals surface area (Å²) in [6.07, 6.45) is 4.18. The van der Waals surface area contributed by atoms with Gasteiger partial charge < -0.3 is 18.9 Å². The van der Waals surface area contributed by atoms with Gasteiger partial charge in [-0.25, -0.2) is 9.78 Å². The summed E-state index contributed by atoms with van der Waals surface area (Å²) in [4.78, 5) is 33.5. The van der Waals surface area contributed by atoms with E-state index in [2.05, 4.69) is 41.6 Å². The number of aromatic nitrogens is 8. The van der Waals surface area contributed by atoms with Gasteiger partial charge in [0.25, 0.3) is 5.89 Å². The average molecular weight is 524 g/mol. The molecule has 0 spiro atoms. The van der Waals surface area contributed by atoms with Crippen LogP contribution in [0.2, 0.25) is 0 Å². The molecule has 0 radical (unpaired) electrons. The molecule has 196 valence electrons. The average Bonchev–Trinajstić information content (AvgIpc) is 3.74. The van der Waals surface area contributed by atoms with Gasteiger partial charge in [0.1, 0.15) is 5.82 Å². The molecule has 0 saturated carbocycles. The lowest BCUT2D eigenvalue weighted by atomic mass is 9.82. The molecular formula is C27H25N9O3. The number of aromatic amines is 2. The van der Waals surface area contributed by atoms with Gasteiger partial charge in [-0.1, -0.05) is 29.4 Å². The quantitative estimate of drug-likeness (QED) is 0.308. The lowest BCUT2D eigenvalue weighted by Crippen LogP contribution is -2.52. The molecule has 6 heterocycles. The van der Waals surface area contributed by atoms with Crippen LogP contribution in [-0.2, 0) is 18.5 Å². The first kappa shape index (κ1) is 23.3. The Labute approximate surface area is 221 Å². The van der Waals surface area contributed by atoms with Crippen molar-refractivity contribution >= 4 is 10.9 Å². The third-order valence-electron chi connectivity index (χ3n) is 7.19. The topological polar surface area (TPSA) is 156 Å². The normalized spacial score (nSPS) is 19.0. The number of imidazole rings is 1. The first-order valence-corrected chi connectivity index (χ1v) is 12.7. The smallest absolute Gasteiger partial charge is 0.389 e. The van der Waals surface area contributed by atoms with Crippen LogP contribution in [-0.4, -0.2) is 39.9 Å². The second kappa shape index (κ2) is 8.60. The maximum atomic E-state index is 12.7. The standard InChI is InChI=1S/C27H25N9O3/c1-4-36-26(37)38-25(34-36)27(24-30-15(3)39-35-24)22-17(16-7-5-6-8-18(16)31-22)11-20(33-27)23-29-13-21(32-23)19-10-9-14(2)12-28-19/h5-10,12-13,20,31,33H,4,11H2,1-3H3,(H,29,32)/t20-,27?/m1/s1. The Bertz CT molecular complexity index is 1870. The van der Waals surface area contributed by atoms with Crippen molar-refractivity contribution in [3.8, 4) is 11.4 Å². The van der Waals surface area contributed by atoms with Gasteiger partial charge in [-0.05, 0) is 43.5 Å². The number of aryl methyl sites for hydroxylation is 3. The Morgan fingerprint density at radius 2 is 1.97 bits per heavy atom. The largest absolute Gasteiger partial charge is 0.437 e. The van der Waals surface area contributed by atoms with Crippen LogP contribution >= 0.6 is 0 Å². The van der Waals surface area contributed by atoms with E-state index in [0.717, 1.165) is 39.1 Å². The van der Waals surface area contributed by atoms with Gasteiger partial charge in [0.05, 0.1) is 29.3 Å². The van der Waals surface area contributed by atoms with Crippen LogP contribution in [0.3, 0.4) is 0 Å². The fourth-order valence-electron chi connectivity index (χ4n) is 5.31. The Balaban J connectivity index is 1.46. The van der Waals surface area contributed by atoms with Crippen LogP contribution < -0.4 is 11.1 Å². The zero-order valence-corrected chi connectivity index (χ0v) is 21.5. The van der Waals surface area contributed by atoms with Crippen LogP contribution in [0.15, 0.2) is 62.5 Å². The van der Waals surface area contributed by atoms with Gasteiger partial charge in [-0.15, -0.1) is 5.10 Å². The number of nitrogens with one attached hydrogen (secondary N) is 3. The fraction of sp³-hybridized carbons (Fsp3) is 0.259. The summed E-state index contributed by atoms with van der Waals surface area (Å²) in [6.45, 7) is 5.88. The molecule has 39 heavy (non-hydrogen) atoms. The van der Waals surface area contributed by atoms with E-state index < -0.39 is 11.3 Å². The number of hydrogen-bond donors (Lipinski definition) is 3. The Hall–Kier alpha value is -4.84. The van der Waals surface area contributed by atoms with Crippen molar-refractivity contribution in [2.45, 2.75) is 45.3 Å². The third kappa shape index (κ3) is 3.56. The van der Waals surface area contributed by atoms with Crippen molar-refractivity contribution in [2.75, 3.05) is 0 Å². The summed E-state index contributed by atoms with van der Waals surface area (Å²) in [5.41, 5.74) is 3.97. The molecular weight excluding hydrogens is 498 g/mol. The molecule has 1 unspecified atom stereocenters. The van der Waals surface area contributed by atoms with Crippen LogP contribution in [0.4, 0.5) is 0 Å². The molecule has 0 bridgehead atoms. The molecule has 3 N–H and O–H groups in total. The highest BCUT2D eigenvalue weighted by atomic mass is 16.5. The van der Waals surface area contributed by atoms with E-state index in [-0.39, 0.29) is 17.8 Å². The maximum absolute atomic E-state index is 12.7. The van der Waals surface area contributed by atoms with Crippen molar-refractivity contribution in [3.05, 3.63) is 99.6 Å².